The molecule has 5 heteroatoms. The maximum Gasteiger partial charge on any atom is 0.0698 e. The first-order chi connectivity index (χ1) is 10.1. The molecule has 0 aliphatic heterocycles. The fourth-order valence-electron chi connectivity index (χ4n) is 2.53. The van der Waals surface area contributed by atoms with Crippen LogP contribution in [0.2, 0.25) is 0 Å². The summed E-state index contributed by atoms with van der Waals surface area (Å²) in [6.45, 7) is 7.41. The Morgan fingerprint density at radius 2 is 2.00 bits per heavy atom. The van der Waals surface area contributed by atoms with E-state index in [1.54, 1.807) is 0 Å². The molecule has 0 saturated carbocycles. The maximum absolute atomic E-state index is 4.49. The van der Waals surface area contributed by atoms with E-state index in [-0.39, 0.29) is 0 Å². The van der Waals surface area contributed by atoms with Gasteiger partial charge in [-0.15, -0.1) is 0 Å². The Balaban J connectivity index is 2.17. The van der Waals surface area contributed by atoms with E-state index in [0.717, 1.165) is 23.9 Å². The Labute approximate surface area is 135 Å². The van der Waals surface area contributed by atoms with Gasteiger partial charge in [-0.3, -0.25) is 9.67 Å². The molecule has 21 heavy (non-hydrogen) atoms. The zero-order valence-electron chi connectivity index (χ0n) is 12.9. The monoisotopic (exact) mass is 350 g/mol. The minimum atomic E-state index is 0.294. The summed E-state index contributed by atoms with van der Waals surface area (Å²) in [6, 6.07) is 4.81. The Kier molecular flexibility index (Phi) is 5.94. The van der Waals surface area contributed by atoms with Gasteiger partial charge in [-0.1, -0.05) is 6.92 Å². The van der Waals surface area contributed by atoms with E-state index in [2.05, 4.69) is 68.9 Å². The molecule has 0 saturated heterocycles. The molecule has 1 unspecified atom stereocenters. The number of rotatable bonds is 7. The van der Waals surface area contributed by atoms with Crippen LogP contribution in [0.25, 0.3) is 0 Å². The summed E-state index contributed by atoms with van der Waals surface area (Å²) in [5.41, 5.74) is 2.56. The van der Waals surface area contributed by atoms with Crippen LogP contribution in [0.3, 0.4) is 0 Å². The van der Waals surface area contributed by atoms with Gasteiger partial charge < -0.3 is 5.32 Å². The van der Waals surface area contributed by atoms with Crippen LogP contribution >= 0.6 is 15.9 Å². The van der Waals surface area contributed by atoms with E-state index >= 15 is 0 Å². The lowest BCUT2D eigenvalue weighted by Crippen LogP contribution is -2.25. The molecular weight excluding hydrogens is 328 g/mol. The minimum Gasteiger partial charge on any atom is -0.309 e. The number of hydrogen-bond donors (Lipinski definition) is 1. The molecule has 4 nitrogen and oxygen atoms in total. The molecule has 2 aromatic heterocycles. The van der Waals surface area contributed by atoms with Crippen molar-refractivity contribution in [3.05, 3.63) is 46.5 Å². The van der Waals surface area contributed by atoms with Crippen molar-refractivity contribution < 1.29 is 0 Å². The maximum atomic E-state index is 4.49. The van der Waals surface area contributed by atoms with Crippen molar-refractivity contribution >= 4 is 15.9 Å². The van der Waals surface area contributed by atoms with E-state index < -0.39 is 0 Å². The molecule has 1 N–H and O–H groups in total. The van der Waals surface area contributed by atoms with Gasteiger partial charge in [-0.25, -0.2) is 0 Å². The lowest BCUT2D eigenvalue weighted by molar-refractivity contribution is 0.432. The van der Waals surface area contributed by atoms with Gasteiger partial charge in [0.25, 0.3) is 0 Å². The van der Waals surface area contributed by atoms with Crippen molar-refractivity contribution in [2.75, 3.05) is 6.54 Å². The van der Waals surface area contributed by atoms with Crippen molar-refractivity contribution in [2.24, 2.45) is 0 Å². The van der Waals surface area contributed by atoms with E-state index in [1.807, 2.05) is 18.6 Å². The van der Waals surface area contributed by atoms with Gasteiger partial charge in [-0.2, -0.15) is 5.10 Å². The van der Waals surface area contributed by atoms with Gasteiger partial charge in [0.15, 0.2) is 0 Å². The highest BCUT2D eigenvalue weighted by atomic mass is 79.9. The first-order valence-corrected chi connectivity index (χ1v) is 8.28. The van der Waals surface area contributed by atoms with E-state index in [0.29, 0.717) is 12.1 Å². The minimum absolute atomic E-state index is 0.294. The lowest BCUT2D eigenvalue weighted by Gasteiger charge is -2.22. The predicted octanol–water partition coefficient (Wildman–Crippen LogP) is 3.90. The second-order valence-electron chi connectivity index (χ2n) is 5.42. The molecule has 0 fully saturated rings. The van der Waals surface area contributed by atoms with Gasteiger partial charge in [0.2, 0.25) is 0 Å². The first kappa shape index (κ1) is 16.2. The van der Waals surface area contributed by atoms with Crippen LogP contribution in [-0.4, -0.2) is 21.3 Å². The molecule has 2 rings (SSSR count). The SMILES string of the molecule is CCNC(CCc1ccncc1)c1c(Br)cnn1C(C)C. The van der Waals surface area contributed by atoms with Crippen LogP contribution in [0.5, 0.6) is 0 Å². The lowest BCUT2D eigenvalue weighted by atomic mass is 10.0. The summed E-state index contributed by atoms with van der Waals surface area (Å²) in [4.78, 5) is 4.07. The number of nitrogens with zero attached hydrogens (tertiary/aromatic N) is 3. The molecule has 114 valence electrons. The first-order valence-electron chi connectivity index (χ1n) is 7.48. The molecule has 1 atom stereocenters. The number of hydrogen-bond acceptors (Lipinski definition) is 3. The van der Waals surface area contributed by atoms with E-state index in [9.17, 15) is 0 Å². The Bertz CT molecular complexity index is 551. The van der Waals surface area contributed by atoms with Crippen molar-refractivity contribution in [3.63, 3.8) is 0 Å². The van der Waals surface area contributed by atoms with E-state index in [4.69, 9.17) is 0 Å². The molecule has 0 amide bonds. The quantitative estimate of drug-likeness (QED) is 0.823. The summed E-state index contributed by atoms with van der Waals surface area (Å²) >= 11 is 3.65. The van der Waals surface area contributed by atoms with Crippen molar-refractivity contribution in [2.45, 2.75) is 45.7 Å². The highest BCUT2D eigenvalue weighted by Crippen LogP contribution is 2.28. The number of halogens is 1. The van der Waals surface area contributed by atoms with Crippen LogP contribution in [0.15, 0.2) is 35.2 Å². The zero-order chi connectivity index (χ0) is 15.2. The summed E-state index contributed by atoms with van der Waals surface area (Å²) in [6.07, 6.45) is 7.66. The van der Waals surface area contributed by atoms with Crippen LogP contribution in [-0.2, 0) is 6.42 Å². The third kappa shape index (κ3) is 4.14. The highest BCUT2D eigenvalue weighted by Gasteiger charge is 2.20. The summed E-state index contributed by atoms with van der Waals surface area (Å²) < 4.78 is 3.18. The summed E-state index contributed by atoms with van der Waals surface area (Å²) in [5, 5.41) is 8.08. The Morgan fingerprint density at radius 3 is 2.62 bits per heavy atom. The average molecular weight is 351 g/mol. The van der Waals surface area contributed by atoms with Crippen LogP contribution < -0.4 is 5.32 Å². The van der Waals surface area contributed by atoms with Gasteiger partial charge >= 0.3 is 0 Å². The average Bonchev–Trinajstić information content (AvgIpc) is 2.86. The predicted molar refractivity (Wildman–Crippen MR) is 89.3 cm³/mol. The second-order valence-corrected chi connectivity index (χ2v) is 6.27. The molecule has 0 aliphatic rings. The van der Waals surface area contributed by atoms with Gasteiger partial charge in [0.05, 0.1) is 22.4 Å². The highest BCUT2D eigenvalue weighted by molar-refractivity contribution is 9.10. The van der Waals surface area contributed by atoms with Crippen LogP contribution in [0.1, 0.15) is 50.5 Å². The van der Waals surface area contributed by atoms with Crippen molar-refractivity contribution in [3.8, 4) is 0 Å². The smallest absolute Gasteiger partial charge is 0.0698 e. The molecule has 0 aromatic carbocycles. The van der Waals surface area contributed by atoms with Gasteiger partial charge in [0, 0.05) is 18.4 Å². The van der Waals surface area contributed by atoms with Crippen LogP contribution in [0.4, 0.5) is 0 Å². The Morgan fingerprint density at radius 1 is 1.29 bits per heavy atom. The summed E-state index contributed by atoms with van der Waals surface area (Å²) in [7, 11) is 0. The molecule has 0 bridgehead atoms. The third-order valence-corrected chi connectivity index (χ3v) is 4.14. The largest absolute Gasteiger partial charge is 0.309 e. The van der Waals surface area contributed by atoms with Crippen molar-refractivity contribution in [1.29, 1.82) is 0 Å². The molecule has 2 heterocycles. The molecule has 0 aliphatic carbocycles. The van der Waals surface area contributed by atoms with Crippen molar-refractivity contribution in [1.82, 2.24) is 20.1 Å². The number of aromatic nitrogens is 3. The Hall–Kier alpha value is -1.20. The van der Waals surface area contributed by atoms with E-state index in [1.165, 1.54) is 11.3 Å². The standard InChI is InChI=1S/C16H23BrN4/c1-4-19-15(6-5-13-7-9-18-10-8-13)16-14(17)11-20-21(16)12(2)3/h7-12,15,19H,4-6H2,1-3H3. The number of aryl methyl sites for hydroxylation is 1. The fraction of sp³-hybridized carbons (Fsp3) is 0.500. The second kappa shape index (κ2) is 7.71. The fourth-order valence-corrected chi connectivity index (χ4v) is 3.08. The topological polar surface area (TPSA) is 42.7 Å². The normalized spacial score (nSPS) is 12.8. The van der Waals surface area contributed by atoms with Gasteiger partial charge in [0.1, 0.15) is 0 Å². The third-order valence-electron chi connectivity index (χ3n) is 3.53. The zero-order valence-corrected chi connectivity index (χ0v) is 14.5. The number of pyridine rings is 1. The molecule has 0 radical (unpaired) electrons. The summed E-state index contributed by atoms with van der Waals surface area (Å²) in [5.74, 6) is 0. The number of nitrogens with one attached hydrogen (secondary N) is 1. The molecular formula is C16H23BrN4. The molecule has 0 spiro atoms. The molecule has 2 aromatic rings. The van der Waals surface area contributed by atoms with Crippen LogP contribution in [0, 0.1) is 0 Å². The van der Waals surface area contributed by atoms with Gasteiger partial charge in [-0.05, 0) is 66.9 Å².